The van der Waals surface area contributed by atoms with Crippen LogP contribution in [0.2, 0.25) is 0 Å². The smallest absolute Gasteiger partial charge is 0.123 e. The molecule has 0 aliphatic heterocycles. The second-order valence-electron chi connectivity index (χ2n) is 6.43. The fourth-order valence-electron chi connectivity index (χ4n) is 2.70. The Morgan fingerprint density at radius 1 is 0.958 bits per heavy atom. The Morgan fingerprint density at radius 3 is 2.33 bits per heavy atom. The zero-order valence-electron chi connectivity index (χ0n) is 14.7. The van der Waals surface area contributed by atoms with E-state index in [-0.39, 0.29) is 11.5 Å². The molecule has 2 aromatic carbocycles. The van der Waals surface area contributed by atoms with E-state index in [1.807, 2.05) is 30.3 Å². The number of phenols is 2. The van der Waals surface area contributed by atoms with Gasteiger partial charge in [0.15, 0.2) is 0 Å². The van der Waals surface area contributed by atoms with Crippen LogP contribution >= 0.6 is 0 Å². The van der Waals surface area contributed by atoms with E-state index >= 15 is 0 Å². The molecule has 0 bridgehead atoms. The summed E-state index contributed by atoms with van der Waals surface area (Å²) in [5, 5.41) is 20.1. The van der Waals surface area contributed by atoms with Crippen LogP contribution in [-0.4, -0.2) is 10.2 Å². The van der Waals surface area contributed by atoms with Crippen LogP contribution in [0.3, 0.4) is 0 Å². The Balaban J connectivity index is 2.25. The van der Waals surface area contributed by atoms with Crippen LogP contribution in [-0.2, 0) is 6.42 Å². The third kappa shape index (κ3) is 5.02. The Labute approximate surface area is 144 Å². The van der Waals surface area contributed by atoms with E-state index in [0.717, 1.165) is 29.5 Å². The first-order valence-corrected chi connectivity index (χ1v) is 8.36. The van der Waals surface area contributed by atoms with Crippen LogP contribution < -0.4 is 0 Å². The number of rotatable bonds is 6. The molecule has 2 heteroatoms. The molecule has 2 nitrogen and oxygen atoms in total. The summed E-state index contributed by atoms with van der Waals surface area (Å²) in [6.45, 7) is 6.35. The molecule has 0 saturated carbocycles. The van der Waals surface area contributed by atoms with E-state index in [2.05, 4.69) is 32.9 Å². The fraction of sp³-hybridized carbons (Fsp3) is 0.273. The summed E-state index contributed by atoms with van der Waals surface area (Å²) in [6.07, 6.45) is 7.11. The van der Waals surface area contributed by atoms with Gasteiger partial charge in [-0.05, 0) is 57.2 Å². The minimum Gasteiger partial charge on any atom is -0.508 e. The molecule has 2 rings (SSSR count). The molecule has 2 aromatic rings. The Morgan fingerprint density at radius 2 is 1.67 bits per heavy atom. The van der Waals surface area contributed by atoms with Gasteiger partial charge < -0.3 is 10.2 Å². The molecule has 0 aliphatic rings. The van der Waals surface area contributed by atoms with Crippen molar-refractivity contribution < 1.29 is 10.2 Å². The van der Waals surface area contributed by atoms with Crippen molar-refractivity contribution in [2.45, 2.75) is 40.0 Å². The quantitative estimate of drug-likeness (QED) is 0.640. The molecular weight excluding hydrogens is 296 g/mol. The van der Waals surface area contributed by atoms with Gasteiger partial charge in [0.1, 0.15) is 11.5 Å². The average Bonchev–Trinajstić information content (AvgIpc) is 2.54. The summed E-state index contributed by atoms with van der Waals surface area (Å²) >= 11 is 0. The van der Waals surface area contributed by atoms with Crippen LogP contribution in [0.25, 0.3) is 11.1 Å². The maximum Gasteiger partial charge on any atom is 0.123 e. The molecule has 2 N–H and O–H groups in total. The number of allylic oxidation sites excluding steroid dienone is 4. The van der Waals surface area contributed by atoms with Crippen LogP contribution in [0.4, 0.5) is 0 Å². The highest BCUT2D eigenvalue weighted by Crippen LogP contribution is 2.35. The lowest BCUT2D eigenvalue weighted by molar-refractivity contribution is 0.447. The molecule has 24 heavy (non-hydrogen) atoms. The topological polar surface area (TPSA) is 40.5 Å². The number of hydrogen-bond acceptors (Lipinski definition) is 2. The highest BCUT2D eigenvalue weighted by Gasteiger charge is 2.11. The van der Waals surface area contributed by atoms with Gasteiger partial charge in [-0.1, -0.05) is 53.6 Å². The molecule has 0 atom stereocenters. The van der Waals surface area contributed by atoms with Crippen LogP contribution in [0.15, 0.2) is 65.8 Å². The molecule has 0 aliphatic carbocycles. The first-order chi connectivity index (χ1) is 11.5. The van der Waals surface area contributed by atoms with Crippen molar-refractivity contribution in [2.24, 2.45) is 0 Å². The number of benzene rings is 2. The predicted molar refractivity (Wildman–Crippen MR) is 101 cm³/mol. The fourth-order valence-corrected chi connectivity index (χ4v) is 2.70. The van der Waals surface area contributed by atoms with E-state index in [1.54, 1.807) is 6.07 Å². The summed E-state index contributed by atoms with van der Waals surface area (Å²) in [5.74, 6) is 0.224. The van der Waals surface area contributed by atoms with Crippen molar-refractivity contribution in [1.82, 2.24) is 0 Å². The van der Waals surface area contributed by atoms with Crippen LogP contribution in [0, 0.1) is 0 Å². The zero-order chi connectivity index (χ0) is 17.5. The Kier molecular flexibility index (Phi) is 6.25. The van der Waals surface area contributed by atoms with Gasteiger partial charge >= 0.3 is 0 Å². The van der Waals surface area contributed by atoms with Crippen molar-refractivity contribution in [3.05, 3.63) is 71.3 Å². The monoisotopic (exact) mass is 322 g/mol. The minimum absolute atomic E-state index is 0.0827. The maximum absolute atomic E-state index is 10.3. The molecule has 0 aromatic heterocycles. The first-order valence-electron chi connectivity index (χ1n) is 8.36. The van der Waals surface area contributed by atoms with Crippen molar-refractivity contribution in [1.29, 1.82) is 0 Å². The van der Waals surface area contributed by atoms with Gasteiger partial charge in [-0.15, -0.1) is 0 Å². The summed E-state index contributed by atoms with van der Waals surface area (Å²) < 4.78 is 0. The molecule has 0 amide bonds. The SMILES string of the molecule is CC(C)=CCC/C(C)=C/Cc1c(O)cc(O)cc1-c1ccccc1. The van der Waals surface area contributed by atoms with Crippen LogP contribution in [0.1, 0.15) is 39.2 Å². The van der Waals surface area contributed by atoms with Gasteiger partial charge in [-0.3, -0.25) is 0 Å². The molecule has 0 spiro atoms. The summed E-state index contributed by atoms with van der Waals surface area (Å²) in [4.78, 5) is 0. The second kappa shape index (κ2) is 8.39. The molecule has 0 fully saturated rings. The van der Waals surface area contributed by atoms with E-state index in [4.69, 9.17) is 0 Å². The molecule has 0 radical (unpaired) electrons. The average molecular weight is 322 g/mol. The van der Waals surface area contributed by atoms with Gasteiger partial charge in [-0.25, -0.2) is 0 Å². The second-order valence-corrected chi connectivity index (χ2v) is 6.43. The molecule has 0 unspecified atom stereocenters. The predicted octanol–water partition coefficient (Wildman–Crippen LogP) is 6.00. The third-order valence-electron chi connectivity index (χ3n) is 4.04. The highest BCUT2D eigenvalue weighted by atomic mass is 16.3. The Hall–Kier alpha value is -2.48. The largest absolute Gasteiger partial charge is 0.508 e. The standard InChI is InChI=1S/C22H26O2/c1-16(2)8-7-9-17(3)12-13-20-21(14-19(23)15-22(20)24)18-10-5-4-6-11-18/h4-6,8,10-12,14-15,23-24H,7,9,13H2,1-3H3/b17-12+. The van der Waals surface area contributed by atoms with Crippen molar-refractivity contribution in [2.75, 3.05) is 0 Å². The lowest BCUT2D eigenvalue weighted by atomic mass is 9.95. The van der Waals surface area contributed by atoms with E-state index in [9.17, 15) is 10.2 Å². The summed E-state index contributed by atoms with van der Waals surface area (Å²) in [5.41, 5.74) is 5.36. The zero-order valence-corrected chi connectivity index (χ0v) is 14.7. The maximum atomic E-state index is 10.3. The lowest BCUT2D eigenvalue weighted by Gasteiger charge is -2.12. The van der Waals surface area contributed by atoms with Gasteiger partial charge in [0.2, 0.25) is 0 Å². The number of hydrogen-bond donors (Lipinski definition) is 2. The summed E-state index contributed by atoms with van der Waals surface area (Å²) in [7, 11) is 0. The van der Waals surface area contributed by atoms with E-state index in [1.165, 1.54) is 17.2 Å². The minimum atomic E-state index is 0.0827. The van der Waals surface area contributed by atoms with Crippen molar-refractivity contribution in [3.63, 3.8) is 0 Å². The number of aromatic hydroxyl groups is 2. The van der Waals surface area contributed by atoms with Gasteiger partial charge in [-0.2, -0.15) is 0 Å². The van der Waals surface area contributed by atoms with Crippen molar-refractivity contribution in [3.8, 4) is 22.6 Å². The number of phenolic OH excluding ortho intramolecular Hbond substituents is 2. The highest BCUT2D eigenvalue weighted by molar-refractivity contribution is 5.72. The molecule has 126 valence electrons. The molecule has 0 saturated heterocycles. The molecule has 0 heterocycles. The first kappa shape index (κ1) is 17.9. The lowest BCUT2D eigenvalue weighted by Crippen LogP contribution is -1.91. The third-order valence-corrected chi connectivity index (χ3v) is 4.04. The molecular formula is C22H26O2. The van der Waals surface area contributed by atoms with Gasteiger partial charge in [0, 0.05) is 11.6 Å². The van der Waals surface area contributed by atoms with E-state index in [0.29, 0.717) is 6.42 Å². The Bertz CT molecular complexity index is 736. The van der Waals surface area contributed by atoms with Gasteiger partial charge in [0.05, 0.1) is 0 Å². The van der Waals surface area contributed by atoms with Crippen LogP contribution in [0.5, 0.6) is 11.5 Å². The van der Waals surface area contributed by atoms with Gasteiger partial charge in [0.25, 0.3) is 0 Å². The van der Waals surface area contributed by atoms with E-state index < -0.39 is 0 Å². The summed E-state index contributed by atoms with van der Waals surface area (Å²) in [6, 6.07) is 13.0. The normalized spacial score (nSPS) is 11.4. The van der Waals surface area contributed by atoms with Crippen molar-refractivity contribution >= 4 is 0 Å².